The molecule has 1 fully saturated rings. The van der Waals surface area contributed by atoms with E-state index in [9.17, 15) is 9.90 Å². The highest BCUT2D eigenvalue weighted by Crippen LogP contribution is 2.55. The minimum atomic E-state index is -0.684. The Morgan fingerprint density at radius 3 is 2.55 bits per heavy atom. The first kappa shape index (κ1) is 14.9. The summed E-state index contributed by atoms with van der Waals surface area (Å²) in [5, 5.41) is 9.48. The third kappa shape index (κ3) is 2.30. The predicted octanol–water partition coefficient (Wildman–Crippen LogP) is 3.85. The van der Waals surface area contributed by atoms with Crippen LogP contribution in [0.25, 0.3) is 0 Å². The minimum Gasteiger partial charge on any atom is -0.496 e. The number of ether oxygens (including phenoxy) is 1. The maximum atomic E-state index is 11.5. The zero-order valence-electron chi connectivity index (χ0n) is 12.9. The van der Waals surface area contributed by atoms with E-state index < -0.39 is 5.97 Å². The molecule has 3 atom stereocenters. The second kappa shape index (κ2) is 5.12. The van der Waals surface area contributed by atoms with Gasteiger partial charge in [-0.3, -0.25) is 4.79 Å². The minimum absolute atomic E-state index is 0.203. The first-order valence-electron chi connectivity index (χ1n) is 7.16. The highest BCUT2D eigenvalue weighted by Gasteiger charge is 2.50. The topological polar surface area (TPSA) is 46.5 Å². The van der Waals surface area contributed by atoms with Crippen molar-refractivity contribution in [2.45, 2.75) is 40.0 Å². The van der Waals surface area contributed by atoms with Gasteiger partial charge in [0.2, 0.25) is 0 Å². The Labute approximate surface area is 121 Å². The molecule has 0 radical (unpaired) electrons. The van der Waals surface area contributed by atoms with Crippen LogP contribution in [0.4, 0.5) is 0 Å². The average molecular weight is 276 g/mol. The molecule has 110 valence electrons. The molecule has 0 unspecified atom stereocenters. The van der Waals surface area contributed by atoms with Crippen LogP contribution >= 0.6 is 0 Å². The smallest absolute Gasteiger partial charge is 0.307 e. The number of carboxylic acids is 1. The van der Waals surface area contributed by atoms with Crippen LogP contribution in [0.5, 0.6) is 5.75 Å². The number of carboxylic acid groups (broad SMARTS) is 1. The van der Waals surface area contributed by atoms with Crippen LogP contribution in [-0.2, 0) is 4.79 Å². The molecule has 1 aromatic carbocycles. The van der Waals surface area contributed by atoms with E-state index in [2.05, 4.69) is 33.8 Å². The molecule has 0 saturated heterocycles. The largest absolute Gasteiger partial charge is 0.496 e. The van der Waals surface area contributed by atoms with Crippen molar-refractivity contribution in [3.63, 3.8) is 0 Å². The van der Waals surface area contributed by atoms with Crippen LogP contribution in [0.15, 0.2) is 18.2 Å². The van der Waals surface area contributed by atoms with Crippen LogP contribution in [0.2, 0.25) is 0 Å². The van der Waals surface area contributed by atoms with Gasteiger partial charge in [-0.25, -0.2) is 0 Å². The lowest BCUT2D eigenvalue weighted by Crippen LogP contribution is -2.29. The highest BCUT2D eigenvalue weighted by atomic mass is 16.5. The van der Waals surface area contributed by atoms with Crippen LogP contribution in [0, 0.1) is 24.2 Å². The molecule has 1 aliphatic carbocycles. The highest BCUT2D eigenvalue weighted by molar-refractivity contribution is 5.72. The first-order valence-corrected chi connectivity index (χ1v) is 7.16. The molecule has 0 aromatic heterocycles. The maximum absolute atomic E-state index is 11.5. The zero-order valence-corrected chi connectivity index (χ0v) is 12.9. The van der Waals surface area contributed by atoms with Crippen LogP contribution in [0.1, 0.15) is 44.2 Å². The molecular formula is C17H24O3. The molecule has 0 bridgehead atoms. The lowest BCUT2D eigenvalue weighted by atomic mass is 9.74. The summed E-state index contributed by atoms with van der Waals surface area (Å²) in [6.45, 7) is 8.36. The van der Waals surface area contributed by atoms with Gasteiger partial charge in [0.15, 0.2) is 0 Å². The van der Waals surface area contributed by atoms with E-state index in [-0.39, 0.29) is 17.3 Å². The monoisotopic (exact) mass is 276 g/mol. The fourth-order valence-electron chi connectivity index (χ4n) is 3.56. The second-order valence-electron chi connectivity index (χ2n) is 6.59. The second-order valence-corrected chi connectivity index (χ2v) is 6.59. The molecule has 0 heterocycles. The Balaban J connectivity index is 2.44. The Kier molecular flexibility index (Phi) is 3.81. The van der Waals surface area contributed by atoms with Gasteiger partial charge >= 0.3 is 5.97 Å². The molecule has 20 heavy (non-hydrogen) atoms. The van der Waals surface area contributed by atoms with Gasteiger partial charge in [0, 0.05) is 0 Å². The summed E-state index contributed by atoms with van der Waals surface area (Å²) >= 11 is 0. The molecule has 1 saturated carbocycles. The molecule has 1 aromatic rings. The van der Waals surface area contributed by atoms with E-state index in [0.29, 0.717) is 12.3 Å². The van der Waals surface area contributed by atoms with Gasteiger partial charge in [0.1, 0.15) is 5.75 Å². The lowest BCUT2D eigenvalue weighted by molar-refractivity contribution is -0.145. The Morgan fingerprint density at radius 1 is 1.40 bits per heavy atom. The normalized spacial score (nSPS) is 28.4. The van der Waals surface area contributed by atoms with Crippen molar-refractivity contribution in [3.8, 4) is 5.75 Å². The van der Waals surface area contributed by atoms with E-state index >= 15 is 0 Å². The summed E-state index contributed by atoms with van der Waals surface area (Å²) in [6.07, 6.45) is 0.684. The third-order valence-electron chi connectivity index (χ3n) is 5.25. The van der Waals surface area contributed by atoms with Gasteiger partial charge in [0.25, 0.3) is 0 Å². The molecule has 1 aliphatic rings. The zero-order chi connectivity index (χ0) is 15.1. The number of carbonyl (C=O) groups is 1. The molecule has 0 spiro atoms. The molecule has 2 rings (SSSR count). The molecule has 0 amide bonds. The van der Waals surface area contributed by atoms with Gasteiger partial charge < -0.3 is 9.84 Å². The van der Waals surface area contributed by atoms with E-state index in [0.717, 1.165) is 11.3 Å². The summed E-state index contributed by atoms with van der Waals surface area (Å²) < 4.78 is 5.48. The number of aryl methyl sites for hydroxylation is 1. The quantitative estimate of drug-likeness (QED) is 0.912. The SMILES string of the molecule is COc1ccc(C)cc1[C@H]1C[C@@H](C(=O)O)C(C)(C)[C@@H]1C. The summed E-state index contributed by atoms with van der Waals surface area (Å²) in [5.41, 5.74) is 2.13. The number of methoxy groups -OCH3 is 1. The van der Waals surface area contributed by atoms with Gasteiger partial charge in [-0.1, -0.05) is 38.5 Å². The van der Waals surface area contributed by atoms with Crippen molar-refractivity contribution in [2.24, 2.45) is 17.3 Å². The molecule has 3 heteroatoms. The summed E-state index contributed by atoms with van der Waals surface area (Å²) in [4.78, 5) is 11.5. The molecule has 1 N–H and O–H groups in total. The van der Waals surface area contributed by atoms with Crippen LogP contribution in [0.3, 0.4) is 0 Å². The van der Waals surface area contributed by atoms with Crippen molar-refractivity contribution in [2.75, 3.05) is 7.11 Å². The third-order valence-corrected chi connectivity index (χ3v) is 5.25. The number of hydrogen-bond acceptors (Lipinski definition) is 2. The summed E-state index contributed by atoms with van der Waals surface area (Å²) in [7, 11) is 1.67. The maximum Gasteiger partial charge on any atom is 0.307 e. The summed E-state index contributed by atoms with van der Waals surface area (Å²) in [6, 6.07) is 6.15. The van der Waals surface area contributed by atoms with Crippen LogP contribution in [-0.4, -0.2) is 18.2 Å². The molecule has 0 aliphatic heterocycles. The van der Waals surface area contributed by atoms with Crippen molar-refractivity contribution in [3.05, 3.63) is 29.3 Å². The number of aliphatic carboxylic acids is 1. The molecule has 3 nitrogen and oxygen atoms in total. The van der Waals surface area contributed by atoms with Crippen molar-refractivity contribution < 1.29 is 14.6 Å². The first-order chi connectivity index (χ1) is 9.28. The van der Waals surface area contributed by atoms with E-state index in [1.165, 1.54) is 5.56 Å². The Bertz CT molecular complexity index is 519. The lowest BCUT2D eigenvalue weighted by Gasteiger charge is -2.30. The van der Waals surface area contributed by atoms with E-state index in [1.54, 1.807) is 7.11 Å². The van der Waals surface area contributed by atoms with Crippen LogP contribution < -0.4 is 4.74 Å². The standard InChI is InChI=1S/C17H24O3/c1-10-6-7-15(20-5)13(8-10)12-9-14(16(18)19)17(3,4)11(12)2/h6-8,11-12,14H,9H2,1-5H3,(H,18,19)/t11-,12+,14+/m1/s1. The van der Waals surface area contributed by atoms with Gasteiger partial charge in [-0.05, 0) is 42.2 Å². The van der Waals surface area contributed by atoms with Crippen molar-refractivity contribution in [1.82, 2.24) is 0 Å². The van der Waals surface area contributed by atoms with Gasteiger partial charge in [-0.15, -0.1) is 0 Å². The Hall–Kier alpha value is -1.51. The Morgan fingerprint density at radius 2 is 2.05 bits per heavy atom. The fraction of sp³-hybridized carbons (Fsp3) is 0.588. The van der Waals surface area contributed by atoms with Crippen molar-refractivity contribution >= 4 is 5.97 Å². The van der Waals surface area contributed by atoms with E-state index in [1.807, 2.05) is 12.1 Å². The number of hydrogen-bond donors (Lipinski definition) is 1. The number of rotatable bonds is 3. The van der Waals surface area contributed by atoms with Gasteiger partial charge in [-0.2, -0.15) is 0 Å². The fourth-order valence-corrected chi connectivity index (χ4v) is 3.56. The molecular weight excluding hydrogens is 252 g/mol. The number of benzene rings is 1. The van der Waals surface area contributed by atoms with Gasteiger partial charge in [0.05, 0.1) is 13.0 Å². The predicted molar refractivity (Wildman–Crippen MR) is 79.2 cm³/mol. The average Bonchev–Trinajstić information content (AvgIpc) is 2.61. The summed E-state index contributed by atoms with van der Waals surface area (Å²) in [5.74, 6) is 0.429. The van der Waals surface area contributed by atoms with Crippen molar-refractivity contribution in [1.29, 1.82) is 0 Å². The van der Waals surface area contributed by atoms with E-state index in [4.69, 9.17) is 4.74 Å².